The van der Waals surface area contributed by atoms with Gasteiger partial charge in [-0.05, 0) is 23.5 Å². The molecule has 0 saturated carbocycles. The molecular weight excluding hydrogens is 184 g/mol. The third-order valence-corrected chi connectivity index (χ3v) is 3.52. The standard InChI is InChI=1S/C14H18O/c1-9(2)14(15)13-8-11-6-4-5-7-12(11)10(13)3/h4-7,9-10,13H,8H2,1-3H3. The van der Waals surface area contributed by atoms with Gasteiger partial charge in [-0.2, -0.15) is 0 Å². The molecule has 15 heavy (non-hydrogen) atoms. The van der Waals surface area contributed by atoms with E-state index in [1.165, 1.54) is 11.1 Å². The second kappa shape index (κ2) is 3.80. The first kappa shape index (κ1) is 10.4. The second-order valence-electron chi connectivity index (χ2n) is 4.86. The molecule has 1 aliphatic carbocycles. The minimum atomic E-state index is 0.159. The molecule has 0 heterocycles. The normalized spacial score (nSPS) is 24.3. The smallest absolute Gasteiger partial charge is 0.139 e. The minimum Gasteiger partial charge on any atom is -0.299 e. The van der Waals surface area contributed by atoms with Gasteiger partial charge in [0.2, 0.25) is 0 Å². The summed E-state index contributed by atoms with van der Waals surface area (Å²) < 4.78 is 0. The third kappa shape index (κ3) is 1.71. The highest BCUT2D eigenvalue weighted by Gasteiger charge is 2.34. The van der Waals surface area contributed by atoms with E-state index in [1.807, 2.05) is 13.8 Å². The van der Waals surface area contributed by atoms with E-state index in [0.717, 1.165) is 6.42 Å². The minimum absolute atomic E-state index is 0.159. The van der Waals surface area contributed by atoms with Crippen LogP contribution in [0.5, 0.6) is 0 Å². The van der Waals surface area contributed by atoms with E-state index in [1.54, 1.807) is 0 Å². The first-order chi connectivity index (χ1) is 7.11. The van der Waals surface area contributed by atoms with Crippen LogP contribution in [0, 0.1) is 11.8 Å². The number of ketones is 1. The predicted octanol–water partition coefficient (Wildman–Crippen LogP) is 3.19. The van der Waals surface area contributed by atoms with Crippen molar-refractivity contribution in [3.63, 3.8) is 0 Å². The first-order valence-electron chi connectivity index (χ1n) is 5.72. The van der Waals surface area contributed by atoms with Crippen LogP contribution in [0.3, 0.4) is 0 Å². The molecule has 1 aromatic rings. The Hall–Kier alpha value is -1.11. The lowest BCUT2D eigenvalue weighted by atomic mass is 9.86. The number of carbonyl (C=O) groups excluding carboxylic acids is 1. The van der Waals surface area contributed by atoms with E-state index >= 15 is 0 Å². The summed E-state index contributed by atoms with van der Waals surface area (Å²) in [5.74, 6) is 1.18. The van der Waals surface area contributed by atoms with Crippen molar-refractivity contribution in [1.82, 2.24) is 0 Å². The molecule has 1 aliphatic rings. The first-order valence-corrected chi connectivity index (χ1v) is 5.72. The van der Waals surface area contributed by atoms with Crippen LogP contribution >= 0.6 is 0 Å². The zero-order valence-corrected chi connectivity index (χ0v) is 9.66. The van der Waals surface area contributed by atoms with Crippen molar-refractivity contribution in [2.24, 2.45) is 11.8 Å². The number of benzene rings is 1. The summed E-state index contributed by atoms with van der Waals surface area (Å²) in [4.78, 5) is 12.0. The lowest BCUT2D eigenvalue weighted by Gasteiger charge is -2.16. The van der Waals surface area contributed by atoms with Crippen molar-refractivity contribution in [3.05, 3.63) is 35.4 Å². The summed E-state index contributed by atoms with van der Waals surface area (Å²) in [7, 11) is 0. The van der Waals surface area contributed by atoms with E-state index in [-0.39, 0.29) is 11.8 Å². The largest absolute Gasteiger partial charge is 0.299 e. The Morgan fingerprint density at radius 1 is 1.33 bits per heavy atom. The molecule has 0 aromatic heterocycles. The van der Waals surface area contributed by atoms with Crippen LogP contribution in [0.2, 0.25) is 0 Å². The SMILES string of the molecule is CC(C)C(=O)C1Cc2ccccc2C1C. The van der Waals surface area contributed by atoms with Crippen LogP contribution in [0.15, 0.2) is 24.3 Å². The number of hydrogen-bond acceptors (Lipinski definition) is 1. The van der Waals surface area contributed by atoms with Crippen molar-refractivity contribution in [2.45, 2.75) is 33.1 Å². The van der Waals surface area contributed by atoms with Crippen molar-refractivity contribution in [2.75, 3.05) is 0 Å². The molecule has 0 radical (unpaired) electrons. The lowest BCUT2D eigenvalue weighted by molar-refractivity contribution is -0.126. The number of fused-ring (bicyclic) bond motifs is 1. The molecule has 2 atom stereocenters. The molecule has 0 N–H and O–H groups in total. The maximum Gasteiger partial charge on any atom is 0.139 e. The molecule has 0 spiro atoms. The predicted molar refractivity (Wildman–Crippen MR) is 61.9 cm³/mol. The second-order valence-corrected chi connectivity index (χ2v) is 4.86. The Balaban J connectivity index is 2.27. The van der Waals surface area contributed by atoms with E-state index in [9.17, 15) is 4.79 Å². The fourth-order valence-electron chi connectivity index (χ4n) is 2.57. The number of carbonyl (C=O) groups is 1. The maximum atomic E-state index is 12.0. The van der Waals surface area contributed by atoms with Gasteiger partial charge in [-0.15, -0.1) is 0 Å². The Bertz CT molecular complexity index is 379. The van der Waals surface area contributed by atoms with Gasteiger partial charge in [0.1, 0.15) is 5.78 Å². The van der Waals surface area contributed by atoms with Crippen LogP contribution < -0.4 is 0 Å². The van der Waals surface area contributed by atoms with Crippen molar-refractivity contribution >= 4 is 5.78 Å². The van der Waals surface area contributed by atoms with Crippen molar-refractivity contribution in [1.29, 1.82) is 0 Å². The Morgan fingerprint density at radius 3 is 2.60 bits per heavy atom. The van der Waals surface area contributed by atoms with Crippen LogP contribution in [0.25, 0.3) is 0 Å². The monoisotopic (exact) mass is 202 g/mol. The Morgan fingerprint density at radius 2 is 2.00 bits per heavy atom. The topological polar surface area (TPSA) is 17.1 Å². The van der Waals surface area contributed by atoms with Crippen molar-refractivity contribution in [3.8, 4) is 0 Å². The highest BCUT2D eigenvalue weighted by Crippen LogP contribution is 2.38. The highest BCUT2D eigenvalue weighted by molar-refractivity contribution is 5.85. The molecule has 1 aromatic carbocycles. The molecule has 0 bridgehead atoms. The highest BCUT2D eigenvalue weighted by atomic mass is 16.1. The number of hydrogen-bond donors (Lipinski definition) is 0. The van der Waals surface area contributed by atoms with E-state index in [0.29, 0.717) is 11.7 Å². The van der Waals surface area contributed by atoms with Gasteiger partial charge in [0, 0.05) is 11.8 Å². The molecule has 1 nitrogen and oxygen atoms in total. The lowest BCUT2D eigenvalue weighted by Crippen LogP contribution is -2.22. The molecule has 80 valence electrons. The van der Waals surface area contributed by atoms with Gasteiger partial charge in [-0.3, -0.25) is 4.79 Å². The summed E-state index contributed by atoms with van der Waals surface area (Å²) >= 11 is 0. The van der Waals surface area contributed by atoms with Gasteiger partial charge < -0.3 is 0 Å². The maximum absolute atomic E-state index is 12.0. The fraction of sp³-hybridized carbons (Fsp3) is 0.500. The van der Waals surface area contributed by atoms with E-state index in [4.69, 9.17) is 0 Å². The molecule has 0 fully saturated rings. The fourth-order valence-corrected chi connectivity index (χ4v) is 2.57. The molecule has 0 saturated heterocycles. The van der Waals surface area contributed by atoms with Gasteiger partial charge in [0.25, 0.3) is 0 Å². The summed E-state index contributed by atoms with van der Waals surface area (Å²) in [6.07, 6.45) is 0.939. The summed E-state index contributed by atoms with van der Waals surface area (Å²) in [6.45, 7) is 6.17. The number of Topliss-reactive ketones (excluding diaryl/α,β-unsaturated/α-hetero) is 1. The summed E-state index contributed by atoms with van der Waals surface area (Å²) in [6, 6.07) is 8.44. The van der Waals surface area contributed by atoms with Gasteiger partial charge in [-0.1, -0.05) is 45.0 Å². The average molecular weight is 202 g/mol. The molecule has 0 aliphatic heterocycles. The molecule has 0 amide bonds. The van der Waals surface area contributed by atoms with E-state index < -0.39 is 0 Å². The number of rotatable bonds is 2. The Kier molecular flexibility index (Phi) is 2.64. The zero-order valence-electron chi connectivity index (χ0n) is 9.66. The van der Waals surface area contributed by atoms with Crippen LogP contribution in [0.1, 0.15) is 37.8 Å². The molecule has 1 heteroatoms. The zero-order chi connectivity index (χ0) is 11.0. The van der Waals surface area contributed by atoms with Crippen LogP contribution in [-0.4, -0.2) is 5.78 Å². The average Bonchev–Trinajstić information content (AvgIpc) is 2.56. The van der Waals surface area contributed by atoms with Crippen molar-refractivity contribution < 1.29 is 4.79 Å². The van der Waals surface area contributed by atoms with Crippen LogP contribution in [-0.2, 0) is 11.2 Å². The quantitative estimate of drug-likeness (QED) is 0.719. The summed E-state index contributed by atoms with van der Waals surface area (Å²) in [5, 5.41) is 0. The van der Waals surface area contributed by atoms with E-state index in [2.05, 4.69) is 31.2 Å². The van der Waals surface area contributed by atoms with Gasteiger partial charge in [0.15, 0.2) is 0 Å². The van der Waals surface area contributed by atoms with Crippen LogP contribution in [0.4, 0.5) is 0 Å². The van der Waals surface area contributed by atoms with Gasteiger partial charge in [-0.25, -0.2) is 0 Å². The molecule has 2 rings (SSSR count). The van der Waals surface area contributed by atoms with Gasteiger partial charge >= 0.3 is 0 Å². The third-order valence-electron chi connectivity index (χ3n) is 3.52. The summed E-state index contributed by atoms with van der Waals surface area (Å²) in [5.41, 5.74) is 2.74. The Labute approximate surface area is 91.5 Å². The molecular formula is C14H18O. The molecule has 2 unspecified atom stereocenters. The van der Waals surface area contributed by atoms with Gasteiger partial charge in [0.05, 0.1) is 0 Å².